The van der Waals surface area contributed by atoms with E-state index >= 15 is 0 Å². The number of ether oxygens (including phenoxy) is 1. The third-order valence-electron chi connectivity index (χ3n) is 4.01. The second-order valence-electron chi connectivity index (χ2n) is 5.74. The van der Waals surface area contributed by atoms with E-state index in [4.69, 9.17) is 4.74 Å². The van der Waals surface area contributed by atoms with Crippen LogP contribution in [-0.4, -0.2) is 17.0 Å². The normalized spacial score (nSPS) is 15.4. The molecule has 2 aromatic rings. The summed E-state index contributed by atoms with van der Waals surface area (Å²) in [7, 11) is 0. The van der Waals surface area contributed by atoms with Gasteiger partial charge in [-0.2, -0.15) is 13.2 Å². The molecule has 0 amide bonds. The molecule has 0 radical (unpaired) electrons. The van der Waals surface area contributed by atoms with Gasteiger partial charge in [-0.25, -0.2) is 8.70 Å². The van der Waals surface area contributed by atoms with E-state index in [2.05, 4.69) is 0 Å². The van der Waals surface area contributed by atoms with Gasteiger partial charge in [-0.05, 0) is 52.9 Å². The Kier molecular flexibility index (Phi) is 5.36. The molecule has 1 atom stereocenters. The molecule has 0 aliphatic carbocycles. The molecule has 1 heterocycles. The van der Waals surface area contributed by atoms with Crippen LogP contribution in [0.15, 0.2) is 47.4 Å². The Morgan fingerprint density at radius 2 is 1.76 bits per heavy atom. The van der Waals surface area contributed by atoms with Crippen molar-refractivity contribution in [1.29, 1.82) is 0 Å². The van der Waals surface area contributed by atoms with Gasteiger partial charge in [0.05, 0.1) is 13.2 Å². The van der Waals surface area contributed by atoms with Crippen LogP contribution in [0.2, 0.25) is 0 Å². The summed E-state index contributed by atoms with van der Waals surface area (Å²) in [6.45, 7) is 2.88. The maximum Gasteiger partial charge on any atom is 0.408 e. The highest BCUT2D eigenvalue weighted by molar-refractivity contribution is 7.97. The molecule has 0 bridgehead atoms. The Balaban J connectivity index is 1.88. The predicted octanol–water partition coefficient (Wildman–Crippen LogP) is 5.49. The number of halogens is 4. The van der Waals surface area contributed by atoms with Gasteiger partial charge in [-0.3, -0.25) is 0 Å². The van der Waals surface area contributed by atoms with E-state index in [1.165, 1.54) is 16.4 Å². The average molecular weight is 371 g/mol. The van der Waals surface area contributed by atoms with Gasteiger partial charge in [0.1, 0.15) is 11.9 Å². The van der Waals surface area contributed by atoms with Gasteiger partial charge in [-0.15, -0.1) is 0 Å². The molecule has 0 fully saturated rings. The molecule has 0 aromatic heterocycles. The van der Waals surface area contributed by atoms with Gasteiger partial charge >= 0.3 is 6.18 Å². The van der Waals surface area contributed by atoms with E-state index < -0.39 is 18.0 Å². The largest absolute Gasteiger partial charge is 0.408 e. The van der Waals surface area contributed by atoms with Gasteiger partial charge in [0.15, 0.2) is 0 Å². The summed E-state index contributed by atoms with van der Waals surface area (Å²) in [5, 5.41) is 0. The number of nitrogens with zero attached hydrogens (tertiary/aromatic N) is 1. The molecule has 0 saturated heterocycles. The lowest BCUT2D eigenvalue weighted by Gasteiger charge is -2.31. The van der Waals surface area contributed by atoms with Crippen LogP contribution in [0.3, 0.4) is 0 Å². The summed E-state index contributed by atoms with van der Waals surface area (Å²) < 4.78 is 60.8. The Morgan fingerprint density at radius 1 is 1.08 bits per heavy atom. The lowest BCUT2D eigenvalue weighted by molar-refractivity contribution is -0.172. The number of rotatable bonds is 5. The fourth-order valence-electron chi connectivity index (χ4n) is 2.80. The molecule has 25 heavy (non-hydrogen) atoms. The van der Waals surface area contributed by atoms with Crippen LogP contribution in [0, 0.1) is 5.82 Å². The molecule has 0 N–H and O–H groups in total. The first-order valence-corrected chi connectivity index (χ1v) is 8.62. The van der Waals surface area contributed by atoms with Gasteiger partial charge in [-0.1, -0.05) is 25.1 Å². The first kappa shape index (κ1) is 18.2. The molecular weight excluding hydrogens is 354 g/mol. The summed E-state index contributed by atoms with van der Waals surface area (Å²) in [5.74, 6) is -0.556. The van der Waals surface area contributed by atoms with Crippen LogP contribution < -0.4 is 0 Å². The Morgan fingerprint density at radius 3 is 2.40 bits per heavy atom. The Labute approximate surface area is 147 Å². The highest BCUT2D eigenvalue weighted by Crippen LogP contribution is 2.43. The van der Waals surface area contributed by atoms with Gasteiger partial charge in [0.25, 0.3) is 0 Å². The van der Waals surface area contributed by atoms with Crippen LogP contribution >= 0.6 is 11.9 Å². The van der Waals surface area contributed by atoms with E-state index in [0.717, 1.165) is 40.1 Å². The van der Waals surface area contributed by atoms with Gasteiger partial charge < -0.3 is 4.74 Å². The van der Waals surface area contributed by atoms with Gasteiger partial charge in [0, 0.05) is 11.4 Å². The minimum absolute atomic E-state index is 0.0211. The maximum absolute atomic E-state index is 13.7. The van der Waals surface area contributed by atoms with Crippen LogP contribution in [0.25, 0.3) is 0 Å². The predicted molar refractivity (Wildman–Crippen MR) is 88.4 cm³/mol. The van der Waals surface area contributed by atoms with E-state index in [0.29, 0.717) is 13.2 Å². The fraction of sp³-hybridized carbons (Fsp3) is 0.333. The molecule has 0 saturated carbocycles. The summed E-state index contributed by atoms with van der Waals surface area (Å²) in [4.78, 5) is 0.725. The van der Waals surface area contributed by atoms with Gasteiger partial charge in [0.2, 0.25) is 0 Å². The van der Waals surface area contributed by atoms with Crippen molar-refractivity contribution in [2.24, 2.45) is 0 Å². The maximum atomic E-state index is 13.7. The monoisotopic (exact) mass is 371 g/mol. The highest BCUT2D eigenvalue weighted by atomic mass is 32.2. The van der Waals surface area contributed by atoms with Crippen molar-refractivity contribution in [3.8, 4) is 0 Å². The second kappa shape index (κ2) is 7.35. The first-order valence-electron chi connectivity index (χ1n) is 7.85. The van der Waals surface area contributed by atoms with Crippen molar-refractivity contribution in [2.75, 3.05) is 6.54 Å². The van der Waals surface area contributed by atoms with Crippen molar-refractivity contribution in [1.82, 2.24) is 4.31 Å². The molecule has 1 unspecified atom stereocenters. The molecule has 134 valence electrons. The number of hydrogen-bond donors (Lipinski definition) is 0. The zero-order valence-electron chi connectivity index (χ0n) is 13.5. The van der Waals surface area contributed by atoms with Crippen molar-refractivity contribution in [2.45, 2.75) is 37.3 Å². The van der Waals surface area contributed by atoms with Crippen molar-refractivity contribution >= 4 is 11.9 Å². The van der Waals surface area contributed by atoms with Crippen LogP contribution in [0.5, 0.6) is 0 Å². The molecule has 1 aliphatic rings. The Bertz CT molecular complexity index is 733. The Hall–Kier alpha value is -1.57. The van der Waals surface area contributed by atoms with Crippen molar-refractivity contribution in [3.63, 3.8) is 0 Å². The van der Waals surface area contributed by atoms with E-state index in [9.17, 15) is 17.6 Å². The molecule has 0 spiro atoms. The second-order valence-corrected chi connectivity index (χ2v) is 6.87. The molecule has 2 nitrogen and oxygen atoms in total. The lowest BCUT2D eigenvalue weighted by Crippen LogP contribution is -2.34. The zero-order chi connectivity index (χ0) is 18.0. The number of hydrogen-bond acceptors (Lipinski definition) is 3. The molecule has 1 aliphatic heterocycles. The van der Waals surface area contributed by atoms with E-state index in [1.54, 1.807) is 13.0 Å². The molecular formula is C18H17F4NOS. The standard InChI is InChI=1S/C18H17F4NOS/c1-2-23(25-16-8-5-13-10-24-11-14(13)9-16)17(18(20,21)22)12-3-6-15(19)7-4-12/h3-9,17H,2,10-11H2,1H3. The van der Waals surface area contributed by atoms with E-state index in [1.807, 2.05) is 12.1 Å². The summed E-state index contributed by atoms with van der Waals surface area (Å²) in [5.41, 5.74) is 2.09. The lowest BCUT2D eigenvalue weighted by atomic mass is 10.1. The topological polar surface area (TPSA) is 12.5 Å². The molecule has 2 aromatic carbocycles. The number of alkyl halides is 3. The third-order valence-corrected chi connectivity index (χ3v) is 5.18. The highest BCUT2D eigenvalue weighted by Gasteiger charge is 2.44. The quantitative estimate of drug-likeness (QED) is 0.509. The summed E-state index contributed by atoms with van der Waals surface area (Å²) in [6, 6.07) is 8.23. The van der Waals surface area contributed by atoms with Crippen LogP contribution in [0.4, 0.5) is 17.6 Å². The van der Waals surface area contributed by atoms with Crippen molar-refractivity contribution < 1.29 is 22.3 Å². The molecule has 7 heteroatoms. The fourth-order valence-corrected chi connectivity index (χ4v) is 3.87. The zero-order valence-corrected chi connectivity index (χ0v) is 14.3. The SMILES string of the molecule is CCN(Sc1ccc2c(c1)COC2)C(c1ccc(F)cc1)C(F)(F)F. The van der Waals surface area contributed by atoms with Crippen molar-refractivity contribution in [3.05, 3.63) is 65.0 Å². The first-order chi connectivity index (χ1) is 11.9. The third kappa shape index (κ3) is 4.16. The minimum atomic E-state index is -4.47. The number of fused-ring (bicyclic) bond motifs is 1. The minimum Gasteiger partial charge on any atom is -0.372 e. The number of benzene rings is 2. The van der Waals surface area contributed by atoms with Crippen LogP contribution in [0.1, 0.15) is 29.7 Å². The summed E-state index contributed by atoms with van der Waals surface area (Å²) in [6.07, 6.45) is -4.47. The smallest absolute Gasteiger partial charge is 0.372 e. The molecule has 3 rings (SSSR count). The van der Waals surface area contributed by atoms with E-state index in [-0.39, 0.29) is 12.1 Å². The summed E-state index contributed by atoms with van der Waals surface area (Å²) >= 11 is 1.05. The van der Waals surface area contributed by atoms with Crippen LogP contribution in [-0.2, 0) is 18.0 Å². The average Bonchev–Trinajstić information content (AvgIpc) is 3.02.